The molecule has 0 saturated carbocycles. The van der Waals surface area contributed by atoms with Crippen LogP contribution in [0.1, 0.15) is 13.3 Å². The zero-order chi connectivity index (χ0) is 12.4. The van der Waals surface area contributed by atoms with Crippen LogP contribution in [0.25, 0.3) is 22.4 Å². The zero-order valence-corrected chi connectivity index (χ0v) is 10.2. The SMILES string of the molecule is CCCn1cnc2c(-c3ccccc3)ncnc21. The molecule has 0 saturated heterocycles. The van der Waals surface area contributed by atoms with Crippen molar-refractivity contribution in [1.82, 2.24) is 19.5 Å². The Morgan fingerprint density at radius 3 is 2.67 bits per heavy atom. The highest BCUT2D eigenvalue weighted by Crippen LogP contribution is 2.23. The molecular formula is C14H14N4. The second-order valence-corrected chi connectivity index (χ2v) is 4.20. The quantitative estimate of drug-likeness (QED) is 0.704. The summed E-state index contributed by atoms with van der Waals surface area (Å²) < 4.78 is 2.07. The van der Waals surface area contributed by atoms with Gasteiger partial charge in [-0.25, -0.2) is 15.0 Å². The highest BCUT2D eigenvalue weighted by molar-refractivity contribution is 5.86. The van der Waals surface area contributed by atoms with Gasteiger partial charge in [-0.3, -0.25) is 0 Å². The molecule has 0 unspecified atom stereocenters. The summed E-state index contributed by atoms with van der Waals surface area (Å²) in [6.07, 6.45) is 4.52. The minimum atomic E-state index is 0.872. The van der Waals surface area contributed by atoms with Crippen molar-refractivity contribution in [3.8, 4) is 11.3 Å². The predicted molar refractivity (Wildman–Crippen MR) is 71.1 cm³/mol. The van der Waals surface area contributed by atoms with E-state index in [1.54, 1.807) is 6.33 Å². The van der Waals surface area contributed by atoms with Gasteiger partial charge in [-0.1, -0.05) is 37.3 Å². The Morgan fingerprint density at radius 1 is 1.06 bits per heavy atom. The largest absolute Gasteiger partial charge is 0.315 e. The number of aryl methyl sites for hydroxylation is 1. The average Bonchev–Trinajstić information content (AvgIpc) is 2.84. The molecule has 18 heavy (non-hydrogen) atoms. The van der Waals surface area contributed by atoms with Gasteiger partial charge in [-0.15, -0.1) is 0 Å². The molecule has 3 aromatic rings. The van der Waals surface area contributed by atoms with Gasteiger partial charge in [-0.2, -0.15) is 0 Å². The minimum absolute atomic E-state index is 0.872. The van der Waals surface area contributed by atoms with Gasteiger partial charge in [0, 0.05) is 12.1 Å². The van der Waals surface area contributed by atoms with Crippen molar-refractivity contribution in [2.75, 3.05) is 0 Å². The summed E-state index contributed by atoms with van der Waals surface area (Å²) >= 11 is 0. The van der Waals surface area contributed by atoms with E-state index < -0.39 is 0 Å². The molecule has 0 fully saturated rings. The van der Waals surface area contributed by atoms with Gasteiger partial charge in [0.05, 0.1) is 6.33 Å². The third-order valence-electron chi connectivity index (χ3n) is 2.91. The van der Waals surface area contributed by atoms with Gasteiger partial charge >= 0.3 is 0 Å². The first-order chi connectivity index (χ1) is 8.90. The summed E-state index contributed by atoms with van der Waals surface area (Å²) in [6, 6.07) is 10.1. The van der Waals surface area contributed by atoms with Crippen molar-refractivity contribution in [3.63, 3.8) is 0 Å². The maximum absolute atomic E-state index is 4.45. The van der Waals surface area contributed by atoms with Gasteiger partial charge < -0.3 is 4.57 Å². The molecule has 0 atom stereocenters. The van der Waals surface area contributed by atoms with Crippen LogP contribution in [0.5, 0.6) is 0 Å². The van der Waals surface area contributed by atoms with Crippen LogP contribution in [-0.4, -0.2) is 19.5 Å². The molecule has 1 aromatic carbocycles. The lowest BCUT2D eigenvalue weighted by Crippen LogP contribution is -1.96. The Morgan fingerprint density at radius 2 is 1.89 bits per heavy atom. The lowest BCUT2D eigenvalue weighted by Gasteiger charge is -2.02. The smallest absolute Gasteiger partial charge is 0.163 e. The molecule has 2 heterocycles. The fraction of sp³-hybridized carbons (Fsp3) is 0.214. The Bertz CT molecular complexity index is 658. The van der Waals surface area contributed by atoms with E-state index in [0.717, 1.165) is 35.4 Å². The van der Waals surface area contributed by atoms with Gasteiger partial charge in [-0.05, 0) is 6.42 Å². The van der Waals surface area contributed by atoms with Gasteiger partial charge in [0.2, 0.25) is 0 Å². The standard InChI is InChI=1S/C14H14N4/c1-2-8-18-10-17-13-12(15-9-16-14(13)18)11-6-4-3-5-7-11/h3-7,9-10H,2,8H2,1H3. The van der Waals surface area contributed by atoms with Crippen molar-refractivity contribution >= 4 is 11.2 Å². The summed E-state index contributed by atoms with van der Waals surface area (Å²) in [5.41, 5.74) is 3.75. The monoisotopic (exact) mass is 238 g/mol. The van der Waals surface area contributed by atoms with Crippen molar-refractivity contribution in [2.45, 2.75) is 19.9 Å². The van der Waals surface area contributed by atoms with Crippen LogP contribution >= 0.6 is 0 Å². The molecule has 0 N–H and O–H groups in total. The highest BCUT2D eigenvalue weighted by Gasteiger charge is 2.10. The summed E-state index contributed by atoms with van der Waals surface area (Å²) in [7, 11) is 0. The van der Waals surface area contributed by atoms with E-state index in [2.05, 4.69) is 26.4 Å². The molecule has 4 heteroatoms. The van der Waals surface area contributed by atoms with Crippen molar-refractivity contribution in [1.29, 1.82) is 0 Å². The van der Waals surface area contributed by atoms with Gasteiger partial charge in [0.15, 0.2) is 5.65 Å². The molecule has 4 nitrogen and oxygen atoms in total. The van der Waals surface area contributed by atoms with Crippen LogP contribution in [0.3, 0.4) is 0 Å². The normalized spacial score (nSPS) is 10.9. The zero-order valence-electron chi connectivity index (χ0n) is 10.2. The first kappa shape index (κ1) is 10.9. The van der Waals surface area contributed by atoms with Crippen molar-refractivity contribution in [2.24, 2.45) is 0 Å². The molecule has 0 aliphatic rings. The second kappa shape index (κ2) is 4.56. The van der Waals surface area contributed by atoms with Crippen molar-refractivity contribution < 1.29 is 0 Å². The number of rotatable bonds is 3. The van der Waals surface area contributed by atoms with E-state index in [9.17, 15) is 0 Å². The third kappa shape index (κ3) is 1.76. The molecule has 0 radical (unpaired) electrons. The van der Waals surface area contributed by atoms with Crippen LogP contribution in [0, 0.1) is 0 Å². The molecule has 0 amide bonds. The Hall–Kier alpha value is -2.23. The average molecular weight is 238 g/mol. The number of aromatic nitrogens is 4. The molecule has 0 spiro atoms. The molecular weight excluding hydrogens is 224 g/mol. The maximum atomic E-state index is 4.45. The Balaban J connectivity index is 2.19. The second-order valence-electron chi connectivity index (χ2n) is 4.20. The number of benzene rings is 1. The number of fused-ring (bicyclic) bond motifs is 1. The Kier molecular flexibility index (Phi) is 2.76. The van der Waals surface area contributed by atoms with E-state index in [-0.39, 0.29) is 0 Å². The molecule has 3 rings (SSSR count). The van der Waals surface area contributed by atoms with E-state index >= 15 is 0 Å². The predicted octanol–water partition coefficient (Wildman–Crippen LogP) is 2.90. The number of hydrogen-bond donors (Lipinski definition) is 0. The fourth-order valence-electron chi connectivity index (χ4n) is 2.09. The van der Waals surface area contributed by atoms with Crippen LogP contribution in [0.15, 0.2) is 43.0 Å². The van der Waals surface area contributed by atoms with E-state index in [0.29, 0.717) is 0 Å². The van der Waals surface area contributed by atoms with E-state index in [1.165, 1.54) is 0 Å². The maximum Gasteiger partial charge on any atom is 0.163 e. The Labute approximate surface area is 105 Å². The van der Waals surface area contributed by atoms with Crippen LogP contribution in [0.2, 0.25) is 0 Å². The summed E-state index contributed by atoms with van der Waals surface area (Å²) in [6.45, 7) is 3.08. The first-order valence-electron chi connectivity index (χ1n) is 6.11. The van der Waals surface area contributed by atoms with Crippen LogP contribution in [0.4, 0.5) is 0 Å². The number of nitrogens with zero attached hydrogens (tertiary/aromatic N) is 4. The van der Waals surface area contributed by atoms with Crippen LogP contribution in [-0.2, 0) is 6.54 Å². The number of hydrogen-bond acceptors (Lipinski definition) is 3. The van der Waals surface area contributed by atoms with Crippen molar-refractivity contribution in [3.05, 3.63) is 43.0 Å². The molecule has 2 aromatic heterocycles. The molecule has 0 bridgehead atoms. The third-order valence-corrected chi connectivity index (χ3v) is 2.91. The minimum Gasteiger partial charge on any atom is -0.315 e. The van der Waals surface area contributed by atoms with Crippen LogP contribution < -0.4 is 0 Å². The summed E-state index contributed by atoms with van der Waals surface area (Å²) in [4.78, 5) is 13.2. The summed E-state index contributed by atoms with van der Waals surface area (Å²) in [5.74, 6) is 0. The van der Waals surface area contributed by atoms with Gasteiger partial charge in [0.1, 0.15) is 17.5 Å². The van der Waals surface area contributed by atoms with E-state index in [4.69, 9.17) is 0 Å². The fourth-order valence-corrected chi connectivity index (χ4v) is 2.09. The summed E-state index contributed by atoms with van der Waals surface area (Å²) in [5, 5.41) is 0. The lowest BCUT2D eigenvalue weighted by molar-refractivity contribution is 0.691. The highest BCUT2D eigenvalue weighted by atomic mass is 15.1. The molecule has 0 aliphatic heterocycles. The first-order valence-corrected chi connectivity index (χ1v) is 6.11. The molecule has 90 valence electrons. The van der Waals surface area contributed by atoms with Gasteiger partial charge in [0.25, 0.3) is 0 Å². The lowest BCUT2D eigenvalue weighted by atomic mass is 10.1. The molecule has 0 aliphatic carbocycles. The van der Waals surface area contributed by atoms with E-state index in [1.807, 2.05) is 36.7 Å². The topological polar surface area (TPSA) is 43.6 Å². The number of imidazole rings is 1.